The van der Waals surface area contributed by atoms with E-state index in [1.165, 1.54) is 19.3 Å². The molecule has 0 rings (SSSR count). The molecule has 0 spiro atoms. The van der Waals surface area contributed by atoms with Crippen molar-refractivity contribution in [2.45, 2.75) is 50.5 Å². The van der Waals surface area contributed by atoms with Crippen LogP contribution in [-0.4, -0.2) is 24.1 Å². The van der Waals surface area contributed by atoms with E-state index >= 15 is 0 Å². The van der Waals surface area contributed by atoms with E-state index in [1.54, 1.807) is 0 Å². The zero-order valence-electron chi connectivity index (χ0n) is 8.89. The minimum Gasteiger partial charge on any atom is -0.319 e. The fourth-order valence-electron chi connectivity index (χ4n) is 1.26. The summed E-state index contributed by atoms with van der Waals surface area (Å²) in [5.41, 5.74) is 0. The van der Waals surface area contributed by atoms with E-state index < -0.39 is 0 Å². The Bertz CT molecular complexity index is 93.8. The van der Waals surface area contributed by atoms with Crippen molar-refractivity contribution in [3.63, 3.8) is 0 Å². The summed E-state index contributed by atoms with van der Waals surface area (Å²) in [6, 6.07) is 0. The predicted octanol–water partition coefficient (Wildman–Crippen LogP) is 2.91. The lowest BCUT2D eigenvalue weighted by Crippen LogP contribution is -2.22. The molecular formula is C10H23NS. The summed E-state index contributed by atoms with van der Waals surface area (Å²) < 4.78 is 0. The van der Waals surface area contributed by atoms with Crippen molar-refractivity contribution in [3.8, 4) is 0 Å². The van der Waals surface area contributed by atoms with Gasteiger partial charge in [-0.15, -0.1) is 0 Å². The minimum atomic E-state index is 0.764. The maximum absolute atomic E-state index is 3.26. The van der Waals surface area contributed by atoms with E-state index in [9.17, 15) is 0 Å². The lowest BCUT2D eigenvalue weighted by atomic mass is 10.2. The molecule has 1 atom stereocenters. The van der Waals surface area contributed by atoms with Crippen molar-refractivity contribution in [1.29, 1.82) is 0 Å². The van der Waals surface area contributed by atoms with Gasteiger partial charge in [-0.25, -0.2) is 0 Å². The largest absolute Gasteiger partial charge is 0.319 e. The molecule has 0 saturated carbocycles. The number of hydrogen-bond acceptors (Lipinski definition) is 2. The Hall–Kier alpha value is 0.310. The Morgan fingerprint density at radius 3 is 2.42 bits per heavy atom. The highest BCUT2D eigenvalue weighted by Gasteiger charge is 2.09. The fraction of sp³-hybridized carbons (Fsp3) is 1.00. The summed E-state index contributed by atoms with van der Waals surface area (Å²) in [6.45, 7) is 7.97. The maximum Gasteiger partial charge on any atom is 0.0174 e. The van der Waals surface area contributed by atoms with Gasteiger partial charge in [-0.3, -0.25) is 0 Å². The molecule has 1 N–H and O–H groups in total. The van der Waals surface area contributed by atoms with Crippen LogP contribution in [0.15, 0.2) is 0 Å². The van der Waals surface area contributed by atoms with Gasteiger partial charge in [0.15, 0.2) is 0 Å². The van der Waals surface area contributed by atoms with Gasteiger partial charge in [0.25, 0.3) is 0 Å². The third-order valence-electron chi connectivity index (χ3n) is 1.78. The van der Waals surface area contributed by atoms with Crippen LogP contribution in [0.25, 0.3) is 0 Å². The number of unbranched alkanes of at least 4 members (excludes halogenated alkanes) is 1. The zero-order chi connectivity index (χ0) is 9.40. The van der Waals surface area contributed by atoms with Crippen LogP contribution in [-0.2, 0) is 0 Å². The summed E-state index contributed by atoms with van der Waals surface area (Å²) in [7, 11) is 2.04. The summed E-state index contributed by atoms with van der Waals surface area (Å²) in [5, 5.41) is 4.84. The van der Waals surface area contributed by atoms with E-state index in [-0.39, 0.29) is 0 Å². The van der Waals surface area contributed by atoms with Crippen molar-refractivity contribution in [3.05, 3.63) is 0 Å². The second-order valence-corrected chi connectivity index (χ2v) is 5.39. The second kappa shape index (κ2) is 7.93. The van der Waals surface area contributed by atoms with Crippen LogP contribution < -0.4 is 5.32 Å². The van der Waals surface area contributed by atoms with Crippen molar-refractivity contribution in [1.82, 2.24) is 5.32 Å². The van der Waals surface area contributed by atoms with Crippen molar-refractivity contribution in [2.75, 3.05) is 13.6 Å². The molecule has 0 aromatic rings. The third-order valence-corrected chi connectivity index (χ3v) is 3.11. The predicted molar refractivity (Wildman–Crippen MR) is 60.0 cm³/mol. The lowest BCUT2D eigenvalue weighted by Gasteiger charge is -2.17. The summed E-state index contributed by atoms with van der Waals surface area (Å²) in [5.74, 6) is 0. The number of rotatable bonds is 7. The maximum atomic E-state index is 3.26. The average molecular weight is 189 g/mol. The molecule has 0 heterocycles. The molecule has 0 fully saturated rings. The van der Waals surface area contributed by atoms with E-state index in [1.807, 2.05) is 7.05 Å². The van der Waals surface area contributed by atoms with Crippen LogP contribution in [0, 0.1) is 0 Å². The molecule has 0 amide bonds. The molecule has 1 nitrogen and oxygen atoms in total. The van der Waals surface area contributed by atoms with E-state index in [2.05, 4.69) is 37.8 Å². The fourth-order valence-corrected chi connectivity index (χ4v) is 2.60. The summed E-state index contributed by atoms with van der Waals surface area (Å²) in [4.78, 5) is 0. The Morgan fingerprint density at radius 1 is 1.33 bits per heavy atom. The second-order valence-electron chi connectivity index (χ2n) is 3.51. The van der Waals surface area contributed by atoms with E-state index in [0.717, 1.165) is 17.0 Å². The molecule has 0 bridgehead atoms. The molecule has 0 saturated heterocycles. The van der Waals surface area contributed by atoms with Crippen molar-refractivity contribution < 1.29 is 0 Å². The highest BCUT2D eigenvalue weighted by Crippen LogP contribution is 2.21. The standard InChI is InChI=1S/C10H23NS/c1-5-6-7-10(8-11-4)12-9(2)3/h9-11H,5-8H2,1-4H3. The molecule has 2 heteroatoms. The zero-order valence-corrected chi connectivity index (χ0v) is 9.71. The highest BCUT2D eigenvalue weighted by atomic mass is 32.2. The molecule has 1 unspecified atom stereocenters. The first-order valence-corrected chi connectivity index (χ1v) is 5.95. The third kappa shape index (κ3) is 6.99. The molecule has 0 aliphatic heterocycles. The Labute approximate surface area is 81.7 Å². The average Bonchev–Trinajstić information content (AvgIpc) is 2.00. The monoisotopic (exact) mass is 189 g/mol. The van der Waals surface area contributed by atoms with Crippen LogP contribution in [0.1, 0.15) is 40.0 Å². The summed E-state index contributed by atoms with van der Waals surface area (Å²) in [6.07, 6.45) is 4.05. The highest BCUT2D eigenvalue weighted by molar-refractivity contribution is 8.00. The van der Waals surface area contributed by atoms with Gasteiger partial charge in [0.1, 0.15) is 0 Å². The van der Waals surface area contributed by atoms with Gasteiger partial charge in [-0.1, -0.05) is 33.6 Å². The number of nitrogens with one attached hydrogen (secondary N) is 1. The molecule has 74 valence electrons. The minimum absolute atomic E-state index is 0.764. The van der Waals surface area contributed by atoms with Crippen LogP contribution in [0.2, 0.25) is 0 Å². The van der Waals surface area contributed by atoms with Crippen LogP contribution >= 0.6 is 11.8 Å². The molecular weight excluding hydrogens is 166 g/mol. The molecule has 0 aliphatic carbocycles. The van der Waals surface area contributed by atoms with Gasteiger partial charge >= 0.3 is 0 Å². The molecule has 0 aromatic carbocycles. The first-order valence-electron chi connectivity index (χ1n) is 5.00. The molecule has 12 heavy (non-hydrogen) atoms. The lowest BCUT2D eigenvalue weighted by molar-refractivity contribution is 0.646. The summed E-state index contributed by atoms with van der Waals surface area (Å²) >= 11 is 2.10. The van der Waals surface area contributed by atoms with Gasteiger partial charge in [0.05, 0.1) is 0 Å². The van der Waals surface area contributed by atoms with Gasteiger partial charge < -0.3 is 5.32 Å². The smallest absolute Gasteiger partial charge is 0.0174 e. The van der Waals surface area contributed by atoms with Gasteiger partial charge in [-0.05, 0) is 18.7 Å². The van der Waals surface area contributed by atoms with Crippen molar-refractivity contribution in [2.24, 2.45) is 0 Å². The van der Waals surface area contributed by atoms with Crippen molar-refractivity contribution >= 4 is 11.8 Å². The molecule has 0 aliphatic rings. The van der Waals surface area contributed by atoms with Gasteiger partial charge in [-0.2, -0.15) is 11.8 Å². The Morgan fingerprint density at radius 2 is 2.00 bits per heavy atom. The molecule has 0 aromatic heterocycles. The normalized spacial score (nSPS) is 13.8. The quantitative estimate of drug-likeness (QED) is 0.661. The molecule has 0 radical (unpaired) electrons. The first kappa shape index (κ1) is 12.3. The van der Waals surface area contributed by atoms with Crippen LogP contribution in [0.5, 0.6) is 0 Å². The van der Waals surface area contributed by atoms with Crippen LogP contribution in [0.3, 0.4) is 0 Å². The Kier molecular flexibility index (Phi) is 8.14. The first-order chi connectivity index (χ1) is 5.70. The van der Waals surface area contributed by atoms with E-state index in [0.29, 0.717) is 0 Å². The number of hydrogen-bond donors (Lipinski definition) is 1. The van der Waals surface area contributed by atoms with E-state index in [4.69, 9.17) is 0 Å². The van der Waals surface area contributed by atoms with Gasteiger partial charge in [0, 0.05) is 11.8 Å². The van der Waals surface area contributed by atoms with Crippen LogP contribution in [0.4, 0.5) is 0 Å². The van der Waals surface area contributed by atoms with Gasteiger partial charge in [0.2, 0.25) is 0 Å². The number of thioether (sulfide) groups is 1. The topological polar surface area (TPSA) is 12.0 Å². The Balaban J connectivity index is 3.54. The SMILES string of the molecule is CCCCC(CNC)SC(C)C.